The van der Waals surface area contributed by atoms with Crippen LogP contribution in [0.25, 0.3) is 32.9 Å². The number of pyridine rings is 1. The number of carbonyl (C=O) groups excluding carboxylic acids is 1. The molecule has 3 saturated heterocycles. The van der Waals surface area contributed by atoms with E-state index < -0.39 is 11.6 Å². The minimum Gasteiger partial charge on any atom is -0.508 e. The number of phenolic OH excluding ortho intramolecular Hbond substituents is 1. The normalized spacial score (nSPS) is 25.8. The number of aliphatic hydroxyl groups excluding tert-OH is 1. The van der Waals surface area contributed by atoms with Crippen LogP contribution in [0.15, 0.2) is 30.5 Å². The first-order valence-electron chi connectivity index (χ1n) is 18.6. The highest BCUT2D eigenvalue weighted by atomic mass is 19.1. The van der Waals surface area contributed by atoms with Gasteiger partial charge in [-0.3, -0.25) is 9.88 Å². The van der Waals surface area contributed by atoms with Crippen molar-refractivity contribution in [1.29, 1.82) is 0 Å². The molecule has 4 aromatic rings. The molecule has 1 saturated carbocycles. The molecule has 52 heavy (non-hydrogen) atoms. The van der Waals surface area contributed by atoms with Crippen molar-refractivity contribution in [3.05, 3.63) is 47.7 Å². The fraction of sp³-hybridized carbons (Fsp3) is 0.538. The summed E-state index contributed by atoms with van der Waals surface area (Å²) in [5.74, 6) is -0.705. The molecule has 5 heterocycles. The van der Waals surface area contributed by atoms with E-state index in [-0.39, 0.29) is 64.5 Å². The second-order valence-electron chi connectivity index (χ2n) is 15.3. The fourth-order valence-electron chi connectivity index (χ4n) is 9.32. The Hall–Kier alpha value is -4.36. The number of ether oxygens (including phenoxy) is 2. The predicted molar refractivity (Wildman–Crippen MR) is 192 cm³/mol. The lowest BCUT2D eigenvalue weighted by Crippen LogP contribution is -2.52. The number of hydrogen-bond acceptors (Lipinski definition) is 10. The third-order valence-electron chi connectivity index (χ3n) is 12.1. The molecule has 1 aliphatic carbocycles. The Labute approximate surface area is 301 Å². The summed E-state index contributed by atoms with van der Waals surface area (Å²) in [6, 6.07) is 5.91. The van der Waals surface area contributed by atoms with Gasteiger partial charge < -0.3 is 29.5 Å². The van der Waals surface area contributed by atoms with E-state index in [1.54, 1.807) is 24.2 Å². The highest BCUT2D eigenvalue weighted by Crippen LogP contribution is 2.49. The van der Waals surface area contributed by atoms with Gasteiger partial charge in [-0.2, -0.15) is 9.97 Å². The van der Waals surface area contributed by atoms with Gasteiger partial charge in [-0.05, 0) is 98.2 Å². The maximum Gasteiger partial charge on any atom is 0.411 e. The molecule has 0 bridgehead atoms. The van der Waals surface area contributed by atoms with Crippen LogP contribution in [-0.2, 0) is 11.2 Å². The number of anilines is 1. The molecule has 0 unspecified atom stereocenters. The van der Waals surface area contributed by atoms with E-state index in [4.69, 9.17) is 14.5 Å². The highest BCUT2D eigenvalue weighted by Gasteiger charge is 2.52. The predicted octanol–water partition coefficient (Wildman–Crippen LogP) is 6.55. The smallest absolute Gasteiger partial charge is 0.411 e. The van der Waals surface area contributed by atoms with Crippen LogP contribution < -0.4 is 9.64 Å². The summed E-state index contributed by atoms with van der Waals surface area (Å²) >= 11 is 0. The number of phenols is 1. The zero-order valence-corrected chi connectivity index (χ0v) is 30.0. The van der Waals surface area contributed by atoms with Gasteiger partial charge in [0.05, 0.1) is 17.0 Å². The molecular weight excluding hydrogens is 670 g/mol. The Morgan fingerprint density at radius 1 is 1.10 bits per heavy atom. The average Bonchev–Trinajstić information content (AvgIpc) is 3.69. The van der Waals surface area contributed by atoms with Gasteiger partial charge >= 0.3 is 12.1 Å². The number of aromatic hydroxyl groups is 1. The van der Waals surface area contributed by atoms with E-state index in [0.717, 1.165) is 38.6 Å². The number of aromatic nitrogens is 3. The van der Waals surface area contributed by atoms with Gasteiger partial charge in [0.2, 0.25) is 0 Å². The van der Waals surface area contributed by atoms with Crippen molar-refractivity contribution in [2.75, 3.05) is 44.7 Å². The standard InChI is InChI=1S/C39H46F2N6O5/c1-4-26-29(40)9-8-23-16-24(48)17-27(31(23)26)33-32(41)34-28(20-42-33)35(46-14-6-11-38(21-46)18-25(49)19-38)44-36(43-34)51-22-39-12-7-15-47(39)30(10-13-39)52-37(50)45(3)5-2/h8-9,16-17,20,25,30,48-49H,4-7,10-15,18-19,21-22H2,1-3H3/t25?,30-,38?,39-/m0/s1. The Bertz CT molecular complexity index is 2040. The Morgan fingerprint density at radius 2 is 1.90 bits per heavy atom. The minimum atomic E-state index is -0.719. The second-order valence-corrected chi connectivity index (χ2v) is 15.3. The van der Waals surface area contributed by atoms with Gasteiger partial charge in [-0.25, -0.2) is 13.6 Å². The molecule has 8 rings (SSSR count). The van der Waals surface area contributed by atoms with Crippen molar-refractivity contribution < 1.29 is 33.3 Å². The van der Waals surface area contributed by atoms with Crippen molar-refractivity contribution in [2.45, 2.75) is 89.5 Å². The van der Waals surface area contributed by atoms with Crippen molar-refractivity contribution in [1.82, 2.24) is 24.8 Å². The Kier molecular flexibility index (Phi) is 8.84. The van der Waals surface area contributed by atoms with Crippen LogP contribution in [0.5, 0.6) is 11.8 Å². The monoisotopic (exact) mass is 716 g/mol. The average molecular weight is 717 g/mol. The van der Waals surface area contributed by atoms with Crippen LogP contribution in [0.4, 0.5) is 19.4 Å². The molecule has 1 spiro atoms. The molecule has 1 amide bonds. The lowest BCUT2D eigenvalue weighted by molar-refractivity contribution is -0.0396. The summed E-state index contributed by atoms with van der Waals surface area (Å²) < 4.78 is 44.5. The molecular formula is C39H46F2N6O5. The third kappa shape index (κ3) is 5.85. The number of nitrogens with zero attached hydrogens (tertiary/aromatic N) is 6. The van der Waals surface area contributed by atoms with Gasteiger partial charge in [0.15, 0.2) is 12.0 Å². The van der Waals surface area contributed by atoms with E-state index in [1.165, 1.54) is 18.2 Å². The number of piperidine rings is 1. The number of benzene rings is 2. The van der Waals surface area contributed by atoms with Crippen molar-refractivity contribution in [2.24, 2.45) is 5.41 Å². The first-order chi connectivity index (χ1) is 25.0. The van der Waals surface area contributed by atoms with E-state index >= 15 is 8.78 Å². The number of rotatable bonds is 8. The maximum atomic E-state index is 17.1. The lowest BCUT2D eigenvalue weighted by atomic mass is 9.62. The highest BCUT2D eigenvalue weighted by molar-refractivity contribution is 6.01. The summed E-state index contributed by atoms with van der Waals surface area (Å²) in [4.78, 5) is 32.7. The SMILES string of the molecule is CCc1c(F)ccc2cc(O)cc(-c3ncc4c(N5CCCC6(CC(O)C6)C5)nc(OC[C@@]56CCCN5[C@@H](OC(=O)N(C)CC)CC6)nc4c3F)c12. The molecule has 2 N–H and O–H groups in total. The Balaban J connectivity index is 1.19. The van der Waals surface area contributed by atoms with Crippen LogP contribution >= 0.6 is 0 Å². The molecule has 276 valence electrons. The van der Waals surface area contributed by atoms with Crippen molar-refractivity contribution in [3.63, 3.8) is 0 Å². The van der Waals surface area contributed by atoms with Gasteiger partial charge in [0.25, 0.3) is 0 Å². The van der Waals surface area contributed by atoms with Crippen molar-refractivity contribution in [3.8, 4) is 23.0 Å². The first-order valence-corrected chi connectivity index (χ1v) is 18.6. The van der Waals surface area contributed by atoms with Crippen LogP contribution in [-0.4, -0.2) is 98.8 Å². The summed E-state index contributed by atoms with van der Waals surface area (Å²) in [7, 11) is 1.72. The molecule has 4 fully saturated rings. The topological polar surface area (TPSA) is 124 Å². The zero-order chi connectivity index (χ0) is 36.4. The van der Waals surface area contributed by atoms with Crippen LogP contribution in [0.2, 0.25) is 0 Å². The number of hydrogen-bond donors (Lipinski definition) is 2. The van der Waals surface area contributed by atoms with Gasteiger partial charge in [-0.15, -0.1) is 0 Å². The number of aliphatic hydroxyl groups is 1. The van der Waals surface area contributed by atoms with Gasteiger partial charge in [0.1, 0.15) is 35.2 Å². The lowest BCUT2D eigenvalue weighted by Gasteiger charge is -2.51. The molecule has 13 heteroatoms. The van der Waals surface area contributed by atoms with E-state index in [0.29, 0.717) is 72.9 Å². The van der Waals surface area contributed by atoms with Crippen molar-refractivity contribution >= 4 is 33.6 Å². The maximum absolute atomic E-state index is 17.1. The van der Waals surface area contributed by atoms with Crippen LogP contribution in [0, 0.1) is 17.0 Å². The Morgan fingerprint density at radius 3 is 2.67 bits per heavy atom. The molecule has 3 aliphatic heterocycles. The van der Waals surface area contributed by atoms with Crippen LogP contribution in [0.3, 0.4) is 0 Å². The summed E-state index contributed by atoms with van der Waals surface area (Å²) in [5.41, 5.74) is 0.229. The third-order valence-corrected chi connectivity index (χ3v) is 12.1. The fourth-order valence-corrected chi connectivity index (χ4v) is 9.32. The summed E-state index contributed by atoms with van der Waals surface area (Å²) in [5, 5.41) is 22.4. The molecule has 2 aromatic heterocycles. The summed E-state index contributed by atoms with van der Waals surface area (Å²) in [6.45, 7) is 6.64. The number of halogens is 2. The molecule has 11 nitrogen and oxygen atoms in total. The molecule has 2 aromatic carbocycles. The zero-order valence-electron chi connectivity index (χ0n) is 30.0. The largest absolute Gasteiger partial charge is 0.508 e. The van der Waals surface area contributed by atoms with E-state index in [1.807, 2.05) is 13.8 Å². The quantitative estimate of drug-likeness (QED) is 0.207. The molecule has 0 radical (unpaired) electrons. The number of fused-ring (bicyclic) bond motifs is 3. The van der Waals surface area contributed by atoms with Gasteiger partial charge in [0, 0.05) is 51.4 Å². The van der Waals surface area contributed by atoms with Gasteiger partial charge in [-0.1, -0.05) is 13.0 Å². The molecule has 2 atom stereocenters. The second kappa shape index (κ2) is 13.2. The summed E-state index contributed by atoms with van der Waals surface area (Å²) in [6.07, 6.45) is 7.44. The minimum absolute atomic E-state index is 0.0193. The van der Waals surface area contributed by atoms with Crippen LogP contribution in [0.1, 0.15) is 70.8 Å². The number of aryl methyl sites for hydroxylation is 1. The van der Waals surface area contributed by atoms with E-state index in [9.17, 15) is 15.0 Å². The molecule has 4 aliphatic rings. The number of amides is 1. The number of carbonyl (C=O) groups is 1. The first kappa shape index (κ1) is 34.7. The van der Waals surface area contributed by atoms with E-state index in [2.05, 4.69) is 19.8 Å².